The number of anilines is 1. The molecule has 0 radical (unpaired) electrons. The number of hydrogen-bond acceptors (Lipinski definition) is 6. The first kappa shape index (κ1) is 23.1. The summed E-state index contributed by atoms with van der Waals surface area (Å²) in [5.74, 6) is 1.51. The van der Waals surface area contributed by atoms with Crippen LogP contribution < -0.4 is 9.64 Å². The highest BCUT2D eigenvalue weighted by Crippen LogP contribution is 2.35. The highest BCUT2D eigenvalue weighted by atomic mass is 35.5. The lowest BCUT2D eigenvalue weighted by molar-refractivity contribution is 0.413. The second-order valence-corrected chi connectivity index (χ2v) is 10.5. The molecule has 0 spiro atoms. The molecule has 0 saturated carbocycles. The van der Waals surface area contributed by atoms with E-state index in [1.165, 1.54) is 6.26 Å². The molecule has 33 heavy (non-hydrogen) atoms. The summed E-state index contributed by atoms with van der Waals surface area (Å²) in [6, 6.07) is 11.8. The van der Waals surface area contributed by atoms with Gasteiger partial charge in [-0.15, -0.1) is 0 Å². The van der Waals surface area contributed by atoms with Gasteiger partial charge in [0.2, 0.25) is 0 Å². The van der Waals surface area contributed by atoms with Crippen molar-refractivity contribution < 1.29 is 13.2 Å². The highest BCUT2D eigenvalue weighted by Gasteiger charge is 2.13. The van der Waals surface area contributed by atoms with Gasteiger partial charge >= 0.3 is 0 Å². The standard InChI is InChI=1S/C24H25ClN4O3S/c1-4-29(7-8-33(3,30)31)24-6-5-16(14-27-24)22-11-17-10-20(21(25)12-23(17)28-22)18-9-19(32-2)15-26-13-18/h5-6,9-15,28H,4,7-8H2,1-3H3. The Kier molecular flexibility index (Phi) is 6.58. The number of methoxy groups -OCH3 is 1. The topological polar surface area (TPSA) is 88.2 Å². The Bertz CT molecular complexity index is 1380. The molecule has 0 unspecified atom stereocenters. The van der Waals surface area contributed by atoms with Crippen LogP contribution in [0.2, 0.25) is 5.02 Å². The number of benzene rings is 1. The Morgan fingerprint density at radius 1 is 1.09 bits per heavy atom. The van der Waals surface area contributed by atoms with Gasteiger partial charge in [0.25, 0.3) is 0 Å². The van der Waals surface area contributed by atoms with Gasteiger partial charge in [0.05, 0.1) is 24.1 Å². The number of ether oxygens (including phenoxy) is 1. The van der Waals surface area contributed by atoms with E-state index in [0.29, 0.717) is 23.9 Å². The van der Waals surface area contributed by atoms with Crippen molar-refractivity contribution in [1.82, 2.24) is 15.0 Å². The summed E-state index contributed by atoms with van der Waals surface area (Å²) in [5, 5.41) is 1.63. The van der Waals surface area contributed by atoms with Gasteiger partial charge in [0.15, 0.2) is 0 Å². The minimum atomic E-state index is -3.03. The first-order valence-corrected chi connectivity index (χ1v) is 12.9. The molecule has 7 nitrogen and oxygen atoms in total. The fourth-order valence-electron chi connectivity index (χ4n) is 3.65. The number of pyridine rings is 2. The summed E-state index contributed by atoms with van der Waals surface area (Å²) < 4.78 is 28.3. The number of nitrogens with one attached hydrogen (secondary N) is 1. The molecule has 0 amide bonds. The van der Waals surface area contributed by atoms with E-state index in [4.69, 9.17) is 16.3 Å². The summed E-state index contributed by atoms with van der Waals surface area (Å²) in [5.41, 5.74) is 4.51. The molecule has 3 aromatic heterocycles. The van der Waals surface area contributed by atoms with Crippen LogP contribution >= 0.6 is 11.6 Å². The van der Waals surface area contributed by atoms with Crippen molar-refractivity contribution in [2.45, 2.75) is 6.92 Å². The number of fused-ring (bicyclic) bond motifs is 1. The van der Waals surface area contributed by atoms with Gasteiger partial charge in [0.1, 0.15) is 21.4 Å². The summed E-state index contributed by atoms with van der Waals surface area (Å²) in [4.78, 5) is 14.1. The van der Waals surface area contributed by atoms with E-state index in [1.54, 1.807) is 25.7 Å². The number of hydrogen-bond donors (Lipinski definition) is 1. The monoisotopic (exact) mass is 484 g/mol. The molecule has 172 valence electrons. The Morgan fingerprint density at radius 3 is 2.58 bits per heavy atom. The predicted octanol–water partition coefficient (Wildman–Crippen LogP) is 4.82. The number of rotatable bonds is 8. The Morgan fingerprint density at radius 2 is 1.91 bits per heavy atom. The smallest absolute Gasteiger partial charge is 0.149 e. The largest absolute Gasteiger partial charge is 0.495 e. The normalized spacial score (nSPS) is 11.6. The van der Waals surface area contributed by atoms with Crippen molar-refractivity contribution in [3.63, 3.8) is 0 Å². The van der Waals surface area contributed by atoms with E-state index in [1.807, 2.05) is 42.2 Å². The molecule has 9 heteroatoms. The van der Waals surface area contributed by atoms with Gasteiger partial charge in [-0.05, 0) is 43.3 Å². The minimum absolute atomic E-state index is 0.0954. The van der Waals surface area contributed by atoms with Crippen LogP contribution in [-0.4, -0.2) is 55.6 Å². The van der Waals surface area contributed by atoms with Crippen LogP contribution in [0.4, 0.5) is 5.82 Å². The fraction of sp³-hybridized carbons (Fsp3) is 0.250. The van der Waals surface area contributed by atoms with Gasteiger partial charge in [-0.2, -0.15) is 0 Å². The molecular weight excluding hydrogens is 460 g/mol. The van der Waals surface area contributed by atoms with Crippen LogP contribution in [0.25, 0.3) is 33.3 Å². The molecule has 3 heterocycles. The van der Waals surface area contributed by atoms with Gasteiger partial charge in [-0.25, -0.2) is 13.4 Å². The van der Waals surface area contributed by atoms with E-state index in [-0.39, 0.29) is 5.75 Å². The summed E-state index contributed by atoms with van der Waals surface area (Å²) in [6.07, 6.45) is 6.45. The van der Waals surface area contributed by atoms with Crippen molar-refractivity contribution >= 4 is 38.2 Å². The molecule has 0 aliphatic heterocycles. The SMILES string of the molecule is CCN(CCS(C)(=O)=O)c1ccc(-c2cc3cc(-c4cncc(OC)c4)c(Cl)cc3[nH]2)cn1. The molecule has 0 aliphatic rings. The van der Waals surface area contributed by atoms with Crippen LogP contribution in [0, 0.1) is 0 Å². The van der Waals surface area contributed by atoms with Crippen molar-refractivity contribution in [3.8, 4) is 28.1 Å². The Hall–Kier alpha value is -3.10. The van der Waals surface area contributed by atoms with Crippen LogP contribution in [0.1, 0.15) is 6.92 Å². The summed E-state index contributed by atoms with van der Waals surface area (Å²) in [7, 11) is -1.42. The van der Waals surface area contributed by atoms with Gasteiger partial charge in [0, 0.05) is 65.0 Å². The van der Waals surface area contributed by atoms with E-state index in [9.17, 15) is 8.42 Å². The third-order valence-electron chi connectivity index (χ3n) is 5.46. The third kappa shape index (κ3) is 5.29. The van der Waals surface area contributed by atoms with Crippen molar-refractivity contribution in [2.24, 2.45) is 0 Å². The molecule has 4 aromatic rings. The van der Waals surface area contributed by atoms with Gasteiger partial charge < -0.3 is 14.6 Å². The van der Waals surface area contributed by atoms with Crippen LogP contribution in [0.15, 0.2) is 55.0 Å². The first-order valence-electron chi connectivity index (χ1n) is 10.5. The van der Waals surface area contributed by atoms with Crippen LogP contribution in [0.3, 0.4) is 0 Å². The maximum atomic E-state index is 11.5. The lowest BCUT2D eigenvalue weighted by Gasteiger charge is -2.21. The second kappa shape index (κ2) is 9.41. The van der Waals surface area contributed by atoms with E-state index in [0.717, 1.165) is 39.1 Å². The lowest BCUT2D eigenvalue weighted by atomic mass is 10.1. The van der Waals surface area contributed by atoms with E-state index < -0.39 is 9.84 Å². The summed E-state index contributed by atoms with van der Waals surface area (Å²) in [6.45, 7) is 3.07. The molecule has 1 N–H and O–H groups in total. The highest BCUT2D eigenvalue weighted by molar-refractivity contribution is 7.90. The lowest BCUT2D eigenvalue weighted by Crippen LogP contribution is -2.29. The van der Waals surface area contributed by atoms with Gasteiger partial charge in [-0.1, -0.05) is 11.6 Å². The summed E-state index contributed by atoms with van der Waals surface area (Å²) >= 11 is 6.57. The number of halogens is 1. The number of nitrogens with zero attached hydrogens (tertiary/aromatic N) is 3. The Labute approximate surface area is 198 Å². The quantitative estimate of drug-likeness (QED) is 0.385. The van der Waals surface area contributed by atoms with Crippen molar-refractivity contribution in [1.29, 1.82) is 0 Å². The molecular formula is C24H25ClN4O3S. The number of sulfone groups is 1. The number of H-pyrrole nitrogens is 1. The molecule has 0 aliphatic carbocycles. The van der Waals surface area contributed by atoms with E-state index in [2.05, 4.69) is 21.0 Å². The fourth-order valence-corrected chi connectivity index (χ4v) is 4.48. The first-order chi connectivity index (χ1) is 15.8. The molecule has 0 atom stereocenters. The average Bonchev–Trinajstić information content (AvgIpc) is 3.21. The number of aromatic nitrogens is 3. The van der Waals surface area contributed by atoms with E-state index >= 15 is 0 Å². The predicted molar refractivity (Wildman–Crippen MR) is 134 cm³/mol. The van der Waals surface area contributed by atoms with Crippen molar-refractivity contribution in [3.05, 3.63) is 60.0 Å². The molecule has 0 bridgehead atoms. The van der Waals surface area contributed by atoms with Crippen LogP contribution in [0.5, 0.6) is 5.75 Å². The Balaban J connectivity index is 1.62. The maximum absolute atomic E-state index is 11.5. The maximum Gasteiger partial charge on any atom is 0.149 e. The molecule has 0 saturated heterocycles. The average molecular weight is 485 g/mol. The third-order valence-corrected chi connectivity index (χ3v) is 6.70. The van der Waals surface area contributed by atoms with Crippen LogP contribution in [-0.2, 0) is 9.84 Å². The zero-order chi connectivity index (χ0) is 23.6. The minimum Gasteiger partial charge on any atom is -0.495 e. The zero-order valence-corrected chi connectivity index (χ0v) is 20.2. The van der Waals surface area contributed by atoms with Crippen molar-refractivity contribution in [2.75, 3.05) is 37.1 Å². The zero-order valence-electron chi connectivity index (χ0n) is 18.7. The molecule has 1 aromatic carbocycles. The number of aromatic amines is 1. The molecule has 4 rings (SSSR count). The van der Waals surface area contributed by atoms with Gasteiger partial charge in [-0.3, -0.25) is 4.98 Å². The second-order valence-electron chi connectivity index (χ2n) is 7.83. The molecule has 0 fully saturated rings.